The highest BCUT2D eigenvalue weighted by molar-refractivity contribution is 7.98. The lowest BCUT2D eigenvalue weighted by atomic mass is 10.9. The second kappa shape index (κ2) is 3.37. The SMILES string of the molecule is CSc1nc(Cl)nnc1Cl. The van der Waals surface area contributed by atoms with Gasteiger partial charge in [-0.2, -0.15) is 0 Å². The highest BCUT2D eigenvalue weighted by atomic mass is 35.5. The molecule has 1 heterocycles. The first-order valence-corrected chi connectivity index (χ1v) is 4.32. The topological polar surface area (TPSA) is 38.7 Å². The van der Waals surface area contributed by atoms with Crippen LogP contribution in [0, 0.1) is 0 Å². The average molecular weight is 196 g/mol. The zero-order chi connectivity index (χ0) is 7.56. The van der Waals surface area contributed by atoms with Gasteiger partial charge in [-0.1, -0.05) is 11.6 Å². The number of hydrogen-bond donors (Lipinski definition) is 0. The molecule has 0 saturated heterocycles. The van der Waals surface area contributed by atoms with Crippen molar-refractivity contribution in [2.45, 2.75) is 5.03 Å². The van der Waals surface area contributed by atoms with Gasteiger partial charge in [-0.3, -0.25) is 0 Å². The molecule has 0 bridgehead atoms. The van der Waals surface area contributed by atoms with Crippen LogP contribution in [-0.2, 0) is 0 Å². The molecule has 0 spiro atoms. The third-order valence-corrected chi connectivity index (χ3v) is 1.98. The van der Waals surface area contributed by atoms with E-state index in [1.807, 2.05) is 6.26 Å². The monoisotopic (exact) mass is 195 g/mol. The van der Waals surface area contributed by atoms with E-state index in [-0.39, 0.29) is 10.4 Å². The van der Waals surface area contributed by atoms with Gasteiger partial charge in [0, 0.05) is 0 Å². The zero-order valence-electron chi connectivity index (χ0n) is 5.01. The van der Waals surface area contributed by atoms with Gasteiger partial charge in [0.2, 0.25) is 5.28 Å². The van der Waals surface area contributed by atoms with Crippen molar-refractivity contribution in [3.8, 4) is 0 Å². The van der Waals surface area contributed by atoms with Crippen LogP contribution in [0.4, 0.5) is 0 Å². The van der Waals surface area contributed by atoms with Crippen molar-refractivity contribution in [2.75, 3.05) is 6.26 Å². The van der Waals surface area contributed by atoms with Gasteiger partial charge in [0.1, 0.15) is 5.03 Å². The first-order chi connectivity index (χ1) is 4.74. The fourth-order valence-electron chi connectivity index (χ4n) is 0.410. The van der Waals surface area contributed by atoms with Crippen LogP contribution in [0.5, 0.6) is 0 Å². The highest BCUT2D eigenvalue weighted by Crippen LogP contribution is 2.20. The Morgan fingerprint density at radius 2 is 2.00 bits per heavy atom. The second-order valence-electron chi connectivity index (χ2n) is 1.38. The normalized spacial score (nSPS) is 9.90. The summed E-state index contributed by atoms with van der Waals surface area (Å²) in [6.45, 7) is 0. The van der Waals surface area contributed by atoms with Gasteiger partial charge in [-0.25, -0.2) is 4.98 Å². The minimum absolute atomic E-state index is 0.119. The molecule has 0 amide bonds. The largest absolute Gasteiger partial charge is 0.244 e. The molecule has 0 fully saturated rings. The fraction of sp³-hybridized carbons (Fsp3) is 0.250. The van der Waals surface area contributed by atoms with Crippen LogP contribution in [-0.4, -0.2) is 21.4 Å². The summed E-state index contributed by atoms with van der Waals surface area (Å²) in [5, 5.41) is 8.00. The summed E-state index contributed by atoms with van der Waals surface area (Å²) >= 11 is 12.4. The van der Waals surface area contributed by atoms with Crippen molar-refractivity contribution in [3.63, 3.8) is 0 Å². The Bertz CT molecular complexity index is 242. The number of nitrogens with zero attached hydrogens (tertiary/aromatic N) is 3. The predicted octanol–water partition coefficient (Wildman–Crippen LogP) is 1.90. The Morgan fingerprint density at radius 1 is 1.30 bits per heavy atom. The van der Waals surface area contributed by atoms with Crippen LogP contribution in [0.1, 0.15) is 0 Å². The van der Waals surface area contributed by atoms with E-state index in [4.69, 9.17) is 23.2 Å². The molecule has 0 radical (unpaired) electrons. The Kier molecular flexibility index (Phi) is 2.71. The lowest BCUT2D eigenvalue weighted by Crippen LogP contribution is -1.90. The average Bonchev–Trinajstić information content (AvgIpc) is 1.94. The van der Waals surface area contributed by atoms with Gasteiger partial charge in [-0.05, 0) is 17.9 Å². The number of aromatic nitrogens is 3. The molecular weight excluding hydrogens is 193 g/mol. The number of hydrogen-bond acceptors (Lipinski definition) is 4. The van der Waals surface area contributed by atoms with Crippen molar-refractivity contribution in [1.82, 2.24) is 15.2 Å². The molecule has 54 valence electrons. The van der Waals surface area contributed by atoms with Gasteiger partial charge < -0.3 is 0 Å². The third-order valence-electron chi connectivity index (χ3n) is 0.784. The molecule has 0 aliphatic rings. The Hall–Kier alpha value is -0.0600. The van der Waals surface area contributed by atoms with Gasteiger partial charge >= 0.3 is 0 Å². The van der Waals surface area contributed by atoms with E-state index in [2.05, 4.69) is 15.2 Å². The molecule has 1 aromatic heterocycles. The molecule has 3 nitrogen and oxygen atoms in total. The van der Waals surface area contributed by atoms with Crippen molar-refractivity contribution < 1.29 is 0 Å². The van der Waals surface area contributed by atoms with E-state index in [0.717, 1.165) is 0 Å². The van der Waals surface area contributed by atoms with Crippen LogP contribution in [0.15, 0.2) is 5.03 Å². The van der Waals surface area contributed by atoms with E-state index in [9.17, 15) is 0 Å². The van der Waals surface area contributed by atoms with Crippen molar-refractivity contribution in [1.29, 1.82) is 0 Å². The molecular formula is C4H3Cl2N3S. The van der Waals surface area contributed by atoms with E-state index in [0.29, 0.717) is 5.03 Å². The van der Waals surface area contributed by atoms with Crippen molar-refractivity contribution in [3.05, 3.63) is 10.4 Å². The summed E-state index contributed by atoms with van der Waals surface area (Å²) in [5.41, 5.74) is 0. The second-order valence-corrected chi connectivity index (χ2v) is 2.87. The number of thioether (sulfide) groups is 1. The van der Waals surface area contributed by atoms with E-state index >= 15 is 0 Å². The van der Waals surface area contributed by atoms with Crippen LogP contribution in [0.3, 0.4) is 0 Å². The van der Waals surface area contributed by atoms with Gasteiger partial charge in [0.05, 0.1) is 0 Å². The maximum absolute atomic E-state index is 5.58. The molecule has 0 aliphatic carbocycles. The van der Waals surface area contributed by atoms with Crippen LogP contribution >= 0.6 is 35.0 Å². The summed E-state index contributed by atoms with van der Waals surface area (Å²) in [4.78, 5) is 3.81. The molecule has 6 heteroatoms. The number of halogens is 2. The van der Waals surface area contributed by atoms with Gasteiger partial charge in [-0.15, -0.1) is 22.0 Å². The Morgan fingerprint density at radius 3 is 2.50 bits per heavy atom. The lowest BCUT2D eigenvalue weighted by Gasteiger charge is -1.94. The van der Waals surface area contributed by atoms with Crippen LogP contribution in [0.2, 0.25) is 10.4 Å². The van der Waals surface area contributed by atoms with E-state index in [1.54, 1.807) is 0 Å². The third kappa shape index (κ3) is 1.71. The summed E-state index contributed by atoms with van der Waals surface area (Å²) in [5.74, 6) is 0. The van der Waals surface area contributed by atoms with Crippen molar-refractivity contribution in [2.24, 2.45) is 0 Å². The first kappa shape index (κ1) is 8.04. The summed E-state index contributed by atoms with van der Waals surface area (Å²) in [7, 11) is 0. The summed E-state index contributed by atoms with van der Waals surface area (Å²) in [6, 6.07) is 0. The zero-order valence-corrected chi connectivity index (χ0v) is 7.33. The quantitative estimate of drug-likeness (QED) is 0.643. The Labute approximate surface area is 72.2 Å². The van der Waals surface area contributed by atoms with E-state index < -0.39 is 0 Å². The van der Waals surface area contributed by atoms with Gasteiger partial charge in [0.25, 0.3) is 0 Å². The van der Waals surface area contributed by atoms with Crippen LogP contribution < -0.4 is 0 Å². The molecule has 0 aliphatic heterocycles. The fourth-order valence-corrected chi connectivity index (χ4v) is 1.28. The standard InChI is InChI=1S/C4H3Cl2N3S/c1-10-3-2(5)8-9-4(6)7-3/h1H3. The molecule has 1 rings (SSSR count). The molecule has 0 atom stereocenters. The minimum Gasteiger partial charge on any atom is -0.207 e. The first-order valence-electron chi connectivity index (χ1n) is 2.33. The molecule has 0 aromatic carbocycles. The molecule has 0 unspecified atom stereocenters. The lowest BCUT2D eigenvalue weighted by molar-refractivity contribution is 0.906. The summed E-state index contributed by atoms with van der Waals surface area (Å²) < 4.78 is 0. The van der Waals surface area contributed by atoms with E-state index in [1.165, 1.54) is 11.8 Å². The highest BCUT2D eigenvalue weighted by Gasteiger charge is 2.02. The molecule has 1 aromatic rings. The summed E-state index contributed by atoms with van der Waals surface area (Å²) in [6.07, 6.45) is 1.84. The molecule has 0 N–H and O–H groups in total. The number of rotatable bonds is 1. The smallest absolute Gasteiger partial charge is 0.207 e. The maximum Gasteiger partial charge on any atom is 0.244 e. The molecule has 10 heavy (non-hydrogen) atoms. The van der Waals surface area contributed by atoms with Crippen molar-refractivity contribution >= 4 is 35.0 Å². The molecule has 0 saturated carbocycles. The predicted molar refractivity (Wildman–Crippen MR) is 41.6 cm³/mol. The Balaban J connectivity index is 3.09. The van der Waals surface area contributed by atoms with Gasteiger partial charge in [0.15, 0.2) is 5.15 Å². The maximum atomic E-state index is 5.58. The minimum atomic E-state index is 0.119. The van der Waals surface area contributed by atoms with Crippen LogP contribution in [0.25, 0.3) is 0 Å².